The third-order valence-electron chi connectivity index (χ3n) is 15.7. The lowest BCUT2D eigenvalue weighted by molar-refractivity contribution is -0.163. The van der Waals surface area contributed by atoms with E-state index < -0.39 is 24.0 Å². The molecule has 16 heteroatoms. The minimum Gasteiger partial charge on any atom is -0.462 e. The molecular formula is C58H74N6O10. The van der Waals surface area contributed by atoms with Crippen molar-refractivity contribution in [2.24, 2.45) is 37.8 Å². The topological polar surface area (TPSA) is 191 Å². The molecule has 10 rings (SSSR count). The molecule has 0 amide bonds. The number of carbonyl (C=O) groups excluding carboxylic acids is 2. The highest BCUT2D eigenvalue weighted by Crippen LogP contribution is 2.32. The van der Waals surface area contributed by atoms with Crippen LogP contribution in [0.25, 0.3) is 44.8 Å². The van der Waals surface area contributed by atoms with Crippen molar-refractivity contribution in [1.82, 2.24) is 28.2 Å². The Morgan fingerprint density at radius 1 is 0.635 bits per heavy atom. The molecular weight excluding hydrogens is 941 g/mol. The first kappa shape index (κ1) is 52.9. The van der Waals surface area contributed by atoms with Crippen molar-refractivity contribution in [2.45, 2.75) is 142 Å². The fourth-order valence-electron chi connectivity index (χ4n) is 10.7. The fraction of sp³-hybridized carbons (Fsp3) is 0.552. The third-order valence-corrected chi connectivity index (χ3v) is 15.7. The number of aliphatic hydroxyl groups is 2. The van der Waals surface area contributed by atoms with Crippen molar-refractivity contribution in [3.05, 3.63) is 104 Å². The number of carbonyl (C=O) groups is 2. The number of esters is 2. The number of pyridine rings is 2. The maximum absolute atomic E-state index is 12.6. The molecule has 0 bridgehead atoms. The number of imidazole rings is 2. The molecule has 4 aliphatic rings. The number of ether oxygens (including phenoxy) is 4. The van der Waals surface area contributed by atoms with E-state index in [4.69, 9.17) is 28.9 Å². The molecule has 396 valence electrons. The zero-order chi connectivity index (χ0) is 52.2. The average molecular weight is 1020 g/mol. The lowest BCUT2D eigenvalue weighted by Crippen LogP contribution is -2.33. The average Bonchev–Trinajstić information content (AvgIpc) is 4.18. The molecule has 2 saturated carbocycles. The molecule has 6 aromatic rings. The summed E-state index contributed by atoms with van der Waals surface area (Å²) in [5, 5.41) is 20.5. The van der Waals surface area contributed by atoms with Crippen molar-refractivity contribution >= 4 is 34.0 Å². The maximum atomic E-state index is 12.6. The number of nitrogens with zero attached hydrogens (tertiary/aromatic N) is 6. The largest absolute Gasteiger partial charge is 0.462 e. The van der Waals surface area contributed by atoms with Gasteiger partial charge in [-0.3, -0.25) is 19.2 Å². The first-order valence-electron chi connectivity index (χ1n) is 26.9. The maximum Gasteiger partial charge on any atom is 0.311 e. The van der Waals surface area contributed by atoms with Gasteiger partial charge >= 0.3 is 11.9 Å². The van der Waals surface area contributed by atoms with E-state index in [1.165, 1.54) is 0 Å². The zero-order valence-electron chi connectivity index (χ0n) is 44.0. The summed E-state index contributed by atoms with van der Waals surface area (Å²) < 4.78 is 30.1. The van der Waals surface area contributed by atoms with E-state index in [0.29, 0.717) is 48.6 Å². The van der Waals surface area contributed by atoms with Gasteiger partial charge in [0, 0.05) is 86.9 Å². The summed E-state index contributed by atoms with van der Waals surface area (Å²) in [5.41, 5.74) is 9.10. The summed E-state index contributed by atoms with van der Waals surface area (Å²) in [4.78, 5) is 59.9. The Balaban J connectivity index is 0.000000182. The van der Waals surface area contributed by atoms with Gasteiger partial charge in [-0.25, -0.2) is 9.97 Å². The molecule has 2 aliphatic carbocycles. The number of aromatic nitrogens is 6. The van der Waals surface area contributed by atoms with Crippen molar-refractivity contribution in [3.8, 4) is 22.8 Å². The predicted molar refractivity (Wildman–Crippen MR) is 283 cm³/mol. The van der Waals surface area contributed by atoms with E-state index in [1.54, 1.807) is 37.1 Å². The summed E-state index contributed by atoms with van der Waals surface area (Å²) in [6.07, 6.45) is 12.4. The van der Waals surface area contributed by atoms with Gasteiger partial charge in [0.1, 0.15) is 23.9 Å². The van der Waals surface area contributed by atoms with Crippen LogP contribution in [0.3, 0.4) is 0 Å². The van der Waals surface area contributed by atoms with Crippen LogP contribution in [-0.4, -0.2) is 101 Å². The van der Waals surface area contributed by atoms with Crippen molar-refractivity contribution in [3.63, 3.8) is 0 Å². The molecule has 6 atom stereocenters. The van der Waals surface area contributed by atoms with Crippen LogP contribution in [0.2, 0.25) is 0 Å². The van der Waals surface area contributed by atoms with Gasteiger partial charge in [-0.1, -0.05) is 12.1 Å². The Morgan fingerprint density at radius 2 is 1.04 bits per heavy atom. The lowest BCUT2D eigenvalue weighted by atomic mass is 9.93. The number of fused-ring (bicyclic) bond motifs is 2. The van der Waals surface area contributed by atoms with Crippen molar-refractivity contribution < 1.29 is 38.7 Å². The number of aliphatic hydroxyl groups excluding tert-OH is 2. The summed E-state index contributed by atoms with van der Waals surface area (Å²) in [5.74, 6) is 0.830. The summed E-state index contributed by atoms with van der Waals surface area (Å²) >= 11 is 0. The number of aryl methyl sites for hydroxylation is 6. The van der Waals surface area contributed by atoms with Crippen LogP contribution < -0.4 is 11.1 Å². The molecule has 0 radical (unpaired) electrons. The number of rotatable bonds is 18. The highest BCUT2D eigenvalue weighted by molar-refractivity contribution is 5.83. The summed E-state index contributed by atoms with van der Waals surface area (Å²) in [6.45, 7) is 11.6. The lowest BCUT2D eigenvalue weighted by Gasteiger charge is -2.28. The zero-order valence-corrected chi connectivity index (χ0v) is 44.0. The molecule has 0 spiro atoms. The van der Waals surface area contributed by atoms with Crippen molar-refractivity contribution in [1.29, 1.82) is 0 Å². The van der Waals surface area contributed by atoms with Gasteiger partial charge in [0.25, 0.3) is 11.1 Å². The Hall–Kier alpha value is -5.94. The normalized spacial score (nSPS) is 19.6. The van der Waals surface area contributed by atoms with Gasteiger partial charge in [0.15, 0.2) is 0 Å². The molecule has 4 aromatic heterocycles. The fourth-order valence-corrected chi connectivity index (χ4v) is 10.7. The standard InChI is InChI=1S/2C29H37N3O5/c2*1-18-13-22(16-31(3)28(18)34)27-30-25-14-20(8-10-26(25)32(27)15-21-11-12-36-17-21)7-9-24(19(2)33)29(35)37-23-5-4-6-23/h2*8,10,13-14,16,19,21,23-24,33H,4-7,9,11-12,15,17H2,1-3H3/t2*19-,21?,24+/m11/s1. The van der Waals surface area contributed by atoms with E-state index in [0.717, 1.165) is 147 Å². The van der Waals surface area contributed by atoms with Gasteiger partial charge in [0.2, 0.25) is 0 Å². The number of hydrogen-bond donors (Lipinski definition) is 2. The Labute approximate surface area is 432 Å². The van der Waals surface area contributed by atoms with Crippen LogP contribution in [-0.2, 0) is 68.6 Å². The smallest absolute Gasteiger partial charge is 0.311 e. The van der Waals surface area contributed by atoms with Crippen LogP contribution in [0.1, 0.15) is 100 Å². The van der Waals surface area contributed by atoms with E-state index in [-0.39, 0.29) is 35.3 Å². The van der Waals surface area contributed by atoms with Crippen molar-refractivity contribution in [2.75, 3.05) is 26.4 Å². The third kappa shape index (κ3) is 12.1. The number of hydrogen-bond acceptors (Lipinski definition) is 12. The quantitative estimate of drug-likeness (QED) is 0.0806. The second-order valence-electron chi connectivity index (χ2n) is 21.6. The highest BCUT2D eigenvalue weighted by atomic mass is 16.6. The van der Waals surface area contributed by atoms with Gasteiger partial charge in [-0.05, 0) is 152 Å². The SMILES string of the molecule is Cc1cc(-c2nc3cc(CC[C@H](C(=O)OC4CCC4)[C@@H](C)O)ccc3n2CC2CCOC2)cn(C)c1=O.Cc1cc(-c2nc3cc(CC[C@H](C(=O)OC4CCC4)[C@@H](C)O)ccc3n2CC2CCOC2)cn(C)c1=O. The second kappa shape index (κ2) is 23.3. The summed E-state index contributed by atoms with van der Waals surface area (Å²) in [7, 11) is 3.53. The monoisotopic (exact) mass is 1010 g/mol. The minimum atomic E-state index is -0.760. The van der Waals surface area contributed by atoms with Crippen LogP contribution >= 0.6 is 0 Å². The first-order chi connectivity index (χ1) is 35.6. The number of benzene rings is 2. The van der Waals surface area contributed by atoms with Crippen LogP contribution in [0.4, 0.5) is 0 Å². The molecule has 74 heavy (non-hydrogen) atoms. The van der Waals surface area contributed by atoms with E-state index in [1.807, 2.05) is 38.4 Å². The van der Waals surface area contributed by atoms with Gasteiger partial charge in [-0.15, -0.1) is 0 Å². The van der Waals surface area contributed by atoms with E-state index in [2.05, 4.69) is 45.5 Å². The molecule has 2 saturated heterocycles. The van der Waals surface area contributed by atoms with E-state index in [9.17, 15) is 29.4 Å². The van der Waals surface area contributed by atoms with Crippen LogP contribution in [0, 0.1) is 37.5 Å². The second-order valence-corrected chi connectivity index (χ2v) is 21.6. The van der Waals surface area contributed by atoms with Gasteiger partial charge in [0.05, 0.1) is 59.3 Å². The Kier molecular flexibility index (Phi) is 16.7. The Morgan fingerprint density at radius 3 is 1.36 bits per heavy atom. The van der Waals surface area contributed by atoms with E-state index >= 15 is 0 Å². The first-order valence-corrected chi connectivity index (χ1v) is 26.9. The highest BCUT2D eigenvalue weighted by Gasteiger charge is 2.32. The predicted octanol–water partition coefficient (Wildman–Crippen LogP) is 7.54. The molecule has 2 aromatic carbocycles. The summed E-state index contributed by atoms with van der Waals surface area (Å²) in [6, 6.07) is 16.3. The van der Waals surface area contributed by atoms with Crippen LogP contribution in [0.5, 0.6) is 0 Å². The molecule has 2 aliphatic heterocycles. The van der Waals surface area contributed by atoms with Gasteiger partial charge < -0.3 is 47.4 Å². The Bertz CT molecular complexity index is 2820. The van der Waals surface area contributed by atoms with Crippen LogP contribution in [0.15, 0.2) is 70.5 Å². The molecule has 2 unspecified atom stereocenters. The molecule has 16 nitrogen and oxygen atoms in total. The minimum absolute atomic E-state index is 0.0126. The molecule has 6 heterocycles. The molecule has 4 fully saturated rings. The molecule has 2 N–H and O–H groups in total. The van der Waals surface area contributed by atoms with Gasteiger partial charge in [-0.2, -0.15) is 0 Å².